The van der Waals surface area contributed by atoms with Crippen LogP contribution >= 0.6 is 0 Å². The first-order valence-corrected chi connectivity index (χ1v) is 9.52. The molecule has 0 aliphatic carbocycles. The van der Waals surface area contributed by atoms with Gasteiger partial charge in [0.1, 0.15) is 5.52 Å². The van der Waals surface area contributed by atoms with E-state index in [0.29, 0.717) is 18.6 Å². The maximum absolute atomic E-state index is 11.6. The summed E-state index contributed by atoms with van der Waals surface area (Å²) in [6.45, 7) is 14.4. The maximum atomic E-state index is 11.6. The van der Waals surface area contributed by atoms with E-state index in [9.17, 15) is 9.90 Å². The molecule has 0 spiro atoms. The third-order valence-electron chi connectivity index (χ3n) is 5.66. The lowest BCUT2D eigenvalue weighted by atomic mass is 9.78. The van der Waals surface area contributed by atoms with Crippen molar-refractivity contribution in [3.63, 3.8) is 0 Å². The molecule has 152 valence electrons. The minimum absolute atomic E-state index is 0.317. The van der Waals surface area contributed by atoms with E-state index >= 15 is 0 Å². The van der Waals surface area contributed by atoms with Crippen LogP contribution in [0.4, 0.5) is 4.79 Å². The molecule has 3 rings (SSSR count). The van der Waals surface area contributed by atoms with Crippen LogP contribution < -0.4 is 5.46 Å². The molecule has 9 heteroatoms. The van der Waals surface area contributed by atoms with Crippen molar-refractivity contribution >= 4 is 29.7 Å². The Bertz CT molecular complexity index is 872. The van der Waals surface area contributed by atoms with Crippen molar-refractivity contribution in [2.45, 2.75) is 71.8 Å². The second-order valence-corrected chi connectivity index (χ2v) is 9.22. The molecule has 1 fully saturated rings. The molecule has 0 unspecified atom stereocenters. The van der Waals surface area contributed by atoms with Crippen LogP contribution in [0.3, 0.4) is 0 Å². The first-order valence-electron chi connectivity index (χ1n) is 9.52. The Balaban J connectivity index is 1.87. The number of rotatable bonds is 4. The molecule has 28 heavy (non-hydrogen) atoms. The SMILES string of the molecule is CC(C)(C)N(CCn1nnc2c(B3OC(C)(C)C(C)(C)O3)cccc21)C(=O)O. The zero-order valence-corrected chi connectivity index (χ0v) is 17.7. The molecular weight excluding hydrogens is 359 g/mol. The number of aromatic nitrogens is 3. The molecule has 1 saturated heterocycles. The van der Waals surface area contributed by atoms with Gasteiger partial charge in [0.15, 0.2) is 0 Å². The summed E-state index contributed by atoms with van der Waals surface area (Å²) < 4.78 is 14.0. The first kappa shape index (κ1) is 20.6. The van der Waals surface area contributed by atoms with Crippen LogP contribution in [0, 0.1) is 0 Å². The maximum Gasteiger partial charge on any atom is 0.497 e. The summed E-state index contributed by atoms with van der Waals surface area (Å²) in [6.07, 6.45) is -0.949. The molecule has 0 saturated carbocycles. The zero-order chi connectivity index (χ0) is 20.9. The molecule has 2 heterocycles. The number of hydrogen-bond donors (Lipinski definition) is 1. The Kier molecular flexibility index (Phi) is 4.96. The fraction of sp³-hybridized carbons (Fsp3) is 0.632. The van der Waals surface area contributed by atoms with Crippen molar-refractivity contribution in [2.24, 2.45) is 0 Å². The molecule has 1 aromatic heterocycles. The van der Waals surface area contributed by atoms with E-state index in [1.807, 2.05) is 66.7 Å². The summed E-state index contributed by atoms with van der Waals surface area (Å²) >= 11 is 0. The number of benzene rings is 1. The summed E-state index contributed by atoms with van der Waals surface area (Å²) in [5, 5.41) is 18.1. The van der Waals surface area contributed by atoms with Gasteiger partial charge in [-0.25, -0.2) is 9.48 Å². The second kappa shape index (κ2) is 6.74. The van der Waals surface area contributed by atoms with Gasteiger partial charge in [0.25, 0.3) is 0 Å². The highest BCUT2D eigenvalue weighted by Crippen LogP contribution is 2.36. The molecule has 2 aromatic rings. The summed E-state index contributed by atoms with van der Waals surface area (Å²) in [5.74, 6) is 0. The molecule has 0 radical (unpaired) electrons. The lowest BCUT2D eigenvalue weighted by molar-refractivity contribution is 0.00578. The van der Waals surface area contributed by atoms with Crippen LogP contribution in [0.1, 0.15) is 48.5 Å². The smallest absolute Gasteiger partial charge is 0.465 e. The first-order chi connectivity index (χ1) is 12.8. The quantitative estimate of drug-likeness (QED) is 0.810. The Morgan fingerprint density at radius 1 is 1.21 bits per heavy atom. The number of carbonyl (C=O) groups is 1. The molecule has 1 N–H and O–H groups in total. The lowest BCUT2D eigenvalue weighted by Gasteiger charge is -2.33. The molecule has 1 aliphatic heterocycles. The number of amides is 1. The molecule has 0 bridgehead atoms. The highest BCUT2D eigenvalue weighted by Gasteiger charge is 2.52. The predicted octanol–water partition coefficient (Wildman–Crippen LogP) is 2.51. The minimum Gasteiger partial charge on any atom is -0.465 e. The van der Waals surface area contributed by atoms with Gasteiger partial charge in [0.05, 0.1) is 23.3 Å². The Morgan fingerprint density at radius 2 is 1.82 bits per heavy atom. The van der Waals surface area contributed by atoms with Crippen molar-refractivity contribution in [2.75, 3.05) is 6.54 Å². The molecule has 8 nitrogen and oxygen atoms in total. The van der Waals surface area contributed by atoms with Gasteiger partial charge in [-0.05, 0) is 54.5 Å². The van der Waals surface area contributed by atoms with Crippen LogP contribution in [0.25, 0.3) is 11.0 Å². The van der Waals surface area contributed by atoms with Gasteiger partial charge in [0, 0.05) is 17.5 Å². The van der Waals surface area contributed by atoms with E-state index in [4.69, 9.17) is 9.31 Å². The van der Waals surface area contributed by atoms with Gasteiger partial charge >= 0.3 is 13.2 Å². The van der Waals surface area contributed by atoms with Crippen molar-refractivity contribution in [3.8, 4) is 0 Å². The molecule has 1 aliphatic rings. The monoisotopic (exact) mass is 388 g/mol. The van der Waals surface area contributed by atoms with E-state index in [1.165, 1.54) is 4.90 Å². The van der Waals surface area contributed by atoms with E-state index in [2.05, 4.69) is 10.3 Å². The number of fused-ring (bicyclic) bond motifs is 1. The Morgan fingerprint density at radius 3 is 2.36 bits per heavy atom. The molecule has 0 atom stereocenters. The summed E-state index contributed by atoms with van der Waals surface area (Å²) in [4.78, 5) is 13.0. The van der Waals surface area contributed by atoms with Gasteiger partial charge in [-0.15, -0.1) is 5.10 Å². The van der Waals surface area contributed by atoms with E-state index in [1.54, 1.807) is 4.68 Å². The van der Waals surface area contributed by atoms with Crippen LogP contribution in [0.5, 0.6) is 0 Å². The predicted molar refractivity (Wildman–Crippen MR) is 108 cm³/mol. The second-order valence-electron chi connectivity index (χ2n) is 9.22. The van der Waals surface area contributed by atoms with Crippen LogP contribution in [-0.2, 0) is 15.9 Å². The summed E-state index contributed by atoms with van der Waals surface area (Å²) in [7, 11) is -0.524. The number of carboxylic acid groups (broad SMARTS) is 1. The summed E-state index contributed by atoms with van der Waals surface area (Å²) in [6, 6.07) is 5.77. The fourth-order valence-electron chi connectivity index (χ4n) is 3.25. The third kappa shape index (κ3) is 3.60. The highest BCUT2D eigenvalue weighted by atomic mass is 16.7. The average Bonchev–Trinajstić information content (AvgIpc) is 3.04. The van der Waals surface area contributed by atoms with Gasteiger partial charge in [-0.2, -0.15) is 0 Å². The number of nitrogens with zero attached hydrogens (tertiary/aromatic N) is 4. The molecule has 1 aromatic carbocycles. The minimum atomic E-state index is -0.949. The largest absolute Gasteiger partial charge is 0.497 e. The Labute approximate surface area is 165 Å². The fourth-order valence-corrected chi connectivity index (χ4v) is 3.25. The van der Waals surface area contributed by atoms with Gasteiger partial charge < -0.3 is 19.3 Å². The molecule has 1 amide bonds. The topological polar surface area (TPSA) is 89.7 Å². The van der Waals surface area contributed by atoms with Gasteiger partial charge in [-0.3, -0.25) is 0 Å². The van der Waals surface area contributed by atoms with Crippen LogP contribution in [-0.4, -0.2) is 61.5 Å². The Hall–Kier alpha value is -2.13. The van der Waals surface area contributed by atoms with Gasteiger partial charge in [0.2, 0.25) is 0 Å². The van der Waals surface area contributed by atoms with E-state index < -0.39 is 30.0 Å². The van der Waals surface area contributed by atoms with Gasteiger partial charge in [-0.1, -0.05) is 17.3 Å². The van der Waals surface area contributed by atoms with E-state index in [0.717, 1.165) is 11.0 Å². The van der Waals surface area contributed by atoms with Crippen molar-refractivity contribution < 1.29 is 19.2 Å². The third-order valence-corrected chi connectivity index (χ3v) is 5.66. The van der Waals surface area contributed by atoms with Crippen molar-refractivity contribution in [1.82, 2.24) is 19.9 Å². The van der Waals surface area contributed by atoms with Crippen LogP contribution in [0.15, 0.2) is 18.2 Å². The zero-order valence-electron chi connectivity index (χ0n) is 17.7. The van der Waals surface area contributed by atoms with Crippen LogP contribution in [0.2, 0.25) is 0 Å². The normalized spacial score (nSPS) is 18.6. The lowest BCUT2D eigenvalue weighted by Crippen LogP contribution is -2.46. The average molecular weight is 388 g/mol. The standard InChI is InChI=1S/C19H29BN4O4/c1-17(2,3)23(16(25)26)11-12-24-14-10-8-9-13(15(14)21-22-24)20-27-18(4,5)19(6,7)28-20/h8-10H,11-12H2,1-7H3,(H,25,26). The highest BCUT2D eigenvalue weighted by molar-refractivity contribution is 6.64. The molecular formula is C19H29BN4O4. The van der Waals surface area contributed by atoms with Crippen molar-refractivity contribution in [1.29, 1.82) is 0 Å². The summed E-state index contributed by atoms with van der Waals surface area (Å²) in [5.41, 5.74) is 0.990. The van der Waals surface area contributed by atoms with Crippen molar-refractivity contribution in [3.05, 3.63) is 18.2 Å². The van der Waals surface area contributed by atoms with E-state index in [-0.39, 0.29) is 0 Å². The number of hydrogen-bond acceptors (Lipinski definition) is 5.